The topological polar surface area (TPSA) is 58.1 Å². The third-order valence-corrected chi connectivity index (χ3v) is 4.47. The molecule has 0 radical (unpaired) electrons. The summed E-state index contributed by atoms with van der Waals surface area (Å²) in [5, 5.41) is 3.37. The quantitative estimate of drug-likeness (QED) is 0.677. The van der Waals surface area contributed by atoms with Gasteiger partial charge in [-0.2, -0.15) is 0 Å². The molecule has 1 heterocycles. The van der Waals surface area contributed by atoms with E-state index in [-0.39, 0.29) is 5.91 Å². The first-order valence-electron chi connectivity index (χ1n) is 9.70. The zero-order chi connectivity index (χ0) is 18.1. The minimum atomic E-state index is 0.00670. The summed E-state index contributed by atoms with van der Waals surface area (Å²) in [5.41, 5.74) is 2.03. The van der Waals surface area contributed by atoms with Crippen molar-refractivity contribution in [3.63, 3.8) is 0 Å². The summed E-state index contributed by atoms with van der Waals surface area (Å²) < 4.78 is 0. The van der Waals surface area contributed by atoms with Crippen molar-refractivity contribution in [2.24, 2.45) is 0 Å². The molecule has 0 fully saturated rings. The molecule has 0 aliphatic heterocycles. The number of nitrogens with zero attached hydrogens (tertiary/aromatic N) is 3. The molecule has 138 valence electrons. The molecule has 0 unspecified atom stereocenters. The number of aromatic nitrogens is 2. The lowest BCUT2D eigenvalue weighted by atomic mass is 9.97. The average Bonchev–Trinajstić information content (AvgIpc) is 2.61. The Morgan fingerprint density at radius 1 is 1.20 bits per heavy atom. The highest BCUT2D eigenvalue weighted by atomic mass is 16.2. The molecule has 0 atom stereocenters. The van der Waals surface area contributed by atoms with Crippen LogP contribution in [0, 0.1) is 6.92 Å². The molecule has 0 bridgehead atoms. The van der Waals surface area contributed by atoms with Crippen LogP contribution in [0.2, 0.25) is 0 Å². The van der Waals surface area contributed by atoms with Gasteiger partial charge in [-0.3, -0.25) is 4.79 Å². The fourth-order valence-corrected chi connectivity index (χ4v) is 3.27. The molecule has 1 N–H and O–H groups in total. The second-order valence-corrected chi connectivity index (χ2v) is 6.76. The van der Waals surface area contributed by atoms with Crippen molar-refractivity contribution >= 4 is 11.7 Å². The number of aryl methyl sites for hydroxylation is 1. The SMILES string of the molecule is CCCN(CCC)C(=O)c1cc(NCCC2=CCCCC2)nc(C)n1. The van der Waals surface area contributed by atoms with Gasteiger partial charge in [0.25, 0.3) is 5.91 Å². The molecule has 0 aromatic carbocycles. The van der Waals surface area contributed by atoms with Crippen molar-refractivity contribution in [2.45, 2.75) is 65.7 Å². The molecular weight excluding hydrogens is 312 g/mol. The number of hydrogen-bond acceptors (Lipinski definition) is 4. The normalized spacial score (nSPS) is 14.1. The van der Waals surface area contributed by atoms with Gasteiger partial charge in [0.05, 0.1) is 0 Å². The van der Waals surface area contributed by atoms with Crippen LogP contribution in [-0.2, 0) is 0 Å². The second kappa shape index (κ2) is 10.2. The van der Waals surface area contributed by atoms with Gasteiger partial charge in [-0.25, -0.2) is 9.97 Å². The molecule has 5 nitrogen and oxygen atoms in total. The molecule has 1 aliphatic rings. The highest BCUT2D eigenvalue weighted by Gasteiger charge is 2.17. The molecule has 1 aromatic rings. The molecule has 1 aliphatic carbocycles. The van der Waals surface area contributed by atoms with E-state index in [2.05, 4.69) is 35.2 Å². The maximum atomic E-state index is 12.7. The van der Waals surface area contributed by atoms with E-state index >= 15 is 0 Å². The van der Waals surface area contributed by atoms with Crippen molar-refractivity contribution in [3.8, 4) is 0 Å². The molecule has 0 saturated carbocycles. The minimum absolute atomic E-state index is 0.00670. The standard InChI is InChI=1S/C20H32N4O/c1-4-13-24(14-5-2)20(25)18-15-19(23-16(3)22-18)21-12-11-17-9-7-6-8-10-17/h9,15H,4-8,10-14H2,1-3H3,(H,21,22,23). The van der Waals surface area contributed by atoms with Gasteiger partial charge in [0.1, 0.15) is 17.3 Å². The first-order valence-corrected chi connectivity index (χ1v) is 9.70. The fourth-order valence-electron chi connectivity index (χ4n) is 3.27. The third-order valence-electron chi connectivity index (χ3n) is 4.47. The highest BCUT2D eigenvalue weighted by molar-refractivity contribution is 5.93. The van der Waals surface area contributed by atoms with Crippen molar-refractivity contribution < 1.29 is 4.79 Å². The van der Waals surface area contributed by atoms with Crippen molar-refractivity contribution in [1.82, 2.24) is 14.9 Å². The van der Waals surface area contributed by atoms with E-state index in [0.29, 0.717) is 11.5 Å². The molecule has 2 rings (SSSR count). The zero-order valence-corrected chi connectivity index (χ0v) is 16.0. The molecular formula is C20H32N4O. The summed E-state index contributed by atoms with van der Waals surface area (Å²) >= 11 is 0. The Morgan fingerprint density at radius 3 is 2.60 bits per heavy atom. The molecule has 0 saturated heterocycles. The van der Waals surface area contributed by atoms with Crippen LogP contribution in [0.15, 0.2) is 17.7 Å². The number of hydrogen-bond donors (Lipinski definition) is 1. The Bertz CT molecular complexity index is 591. The molecule has 25 heavy (non-hydrogen) atoms. The van der Waals surface area contributed by atoms with Crippen LogP contribution in [0.25, 0.3) is 0 Å². The van der Waals surface area contributed by atoms with E-state index in [4.69, 9.17) is 0 Å². The maximum Gasteiger partial charge on any atom is 0.272 e. The van der Waals surface area contributed by atoms with E-state index in [1.165, 1.54) is 31.3 Å². The van der Waals surface area contributed by atoms with Crippen LogP contribution >= 0.6 is 0 Å². The number of carbonyl (C=O) groups excluding carboxylic acids is 1. The van der Waals surface area contributed by atoms with Crippen LogP contribution < -0.4 is 5.32 Å². The smallest absolute Gasteiger partial charge is 0.272 e. The number of allylic oxidation sites excluding steroid dienone is 1. The summed E-state index contributed by atoms with van der Waals surface area (Å²) in [7, 11) is 0. The fraction of sp³-hybridized carbons (Fsp3) is 0.650. The Hall–Kier alpha value is -1.91. The monoisotopic (exact) mass is 344 g/mol. The van der Waals surface area contributed by atoms with E-state index < -0.39 is 0 Å². The maximum absolute atomic E-state index is 12.7. The van der Waals surface area contributed by atoms with Crippen LogP contribution in [0.4, 0.5) is 5.82 Å². The highest BCUT2D eigenvalue weighted by Crippen LogP contribution is 2.20. The summed E-state index contributed by atoms with van der Waals surface area (Å²) in [6.07, 6.45) is 10.4. The number of amides is 1. The molecule has 1 aromatic heterocycles. The lowest BCUT2D eigenvalue weighted by Gasteiger charge is -2.21. The van der Waals surface area contributed by atoms with Crippen LogP contribution in [0.5, 0.6) is 0 Å². The van der Waals surface area contributed by atoms with Gasteiger partial charge in [-0.15, -0.1) is 0 Å². The summed E-state index contributed by atoms with van der Waals surface area (Å²) in [5.74, 6) is 1.39. The van der Waals surface area contributed by atoms with Gasteiger partial charge >= 0.3 is 0 Å². The first kappa shape index (κ1) is 19.4. The lowest BCUT2D eigenvalue weighted by Crippen LogP contribution is -2.33. The van der Waals surface area contributed by atoms with Gasteiger partial charge in [-0.05, 0) is 51.9 Å². The summed E-state index contributed by atoms with van der Waals surface area (Å²) in [6, 6.07) is 1.79. The van der Waals surface area contributed by atoms with Gasteiger partial charge in [0.2, 0.25) is 0 Å². The molecule has 0 spiro atoms. The van der Waals surface area contributed by atoms with E-state index in [0.717, 1.165) is 44.7 Å². The van der Waals surface area contributed by atoms with Gasteiger partial charge in [0, 0.05) is 25.7 Å². The van der Waals surface area contributed by atoms with Crippen molar-refractivity contribution in [1.29, 1.82) is 0 Å². The Kier molecular flexibility index (Phi) is 7.89. The third kappa shape index (κ3) is 6.15. The first-order chi connectivity index (χ1) is 12.1. The molecule has 1 amide bonds. The van der Waals surface area contributed by atoms with Crippen molar-refractivity contribution in [3.05, 3.63) is 29.2 Å². The van der Waals surface area contributed by atoms with Gasteiger partial charge in [-0.1, -0.05) is 25.5 Å². The van der Waals surface area contributed by atoms with Crippen LogP contribution in [-0.4, -0.2) is 40.4 Å². The Morgan fingerprint density at radius 2 is 1.96 bits per heavy atom. The van der Waals surface area contributed by atoms with Crippen LogP contribution in [0.3, 0.4) is 0 Å². The zero-order valence-electron chi connectivity index (χ0n) is 16.0. The van der Waals surface area contributed by atoms with Gasteiger partial charge in [0.15, 0.2) is 0 Å². The second-order valence-electron chi connectivity index (χ2n) is 6.76. The Balaban J connectivity index is 2.00. The predicted molar refractivity (Wildman–Crippen MR) is 103 cm³/mol. The average molecular weight is 345 g/mol. The largest absolute Gasteiger partial charge is 0.370 e. The summed E-state index contributed by atoms with van der Waals surface area (Å²) in [6.45, 7) is 8.42. The number of rotatable bonds is 9. The minimum Gasteiger partial charge on any atom is -0.370 e. The van der Waals surface area contributed by atoms with E-state index in [1.54, 1.807) is 6.07 Å². The predicted octanol–water partition coefficient (Wildman–Crippen LogP) is 4.35. The lowest BCUT2D eigenvalue weighted by molar-refractivity contribution is 0.0749. The number of carbonyl (C=O) groups is 1. The number of anilines is 1. The van der Waals surface area contributed by atoms with Crippen LogP contribution in [0.1, 0.15) is 75.1 Å². The number of nitrogens with one attached hydrogen (secondary N) is 1. The van der Waals surface area contributed by atoms with E-state index in [9.17, 15) is 4.79 Å². The van der Waals surface area contributed by atoms with E-state index in [1.807, 2.05) is 11.8 Å². The van der Waals surface area contributed by atoms with Crippen molar-refractivity contribution in [2.75, 3.05) is 25.0 Å². The molecule has 5 heteroatoms. The summed E-state index contributed by atoms with van der Waals surface area (Å²) in [4.78, 5) is 23.4. The van der Waals surface area contributed by atoms with Gasteiger partial charge < -0.3 is 10.2 Å². The Labute approximate surface area is 151 Å².